The number of carbonyl (C=O) groups is 1. The lowest BCUT2D eigenvalue weighted by Crippen LogP contribution is -2.36. The molecule has 2 aromatic heterocycles. The average Bonchev–Trinajstić information content (AvgIpc) is 3.53. The Morgan fingerprint density at radius 1 is 1.19 bits per heavy atom. The summed E-state index contributed by atoms with van der Waals surface area (Å²) >= 11 is 0. The molecule has 5 rings (SSSR count). The minimum atomic E-state index is -4.10. The molecule has 0 radical (unpaired) electrons. The molecule has 0 amide bonds. The number of rotatable bonds is 11. The number of nitrogens with one attached hydrogen (secondary N) is 2. The van der Waals surface area contributed by atoms with E-state index < -0.39 is 32.1 Å². The van der Waals surface area contributed by atoms with Crippen LogP contribution < -0.4 is 20.7 Å². The molecule has 224 valence electrons. The van der Waals surface area contributed by atoms with Crippen molar-refractivity contribution in [2.24, 2.45) is 5.92 Å². The number of carbonyl (C=O) groups excluding carboxylic acids is 1. The van der Waals surface area contributed by atoms with Crippen LogP contribution in [0.25, 0.3) is 21.9 Å². The lowest BCUT2D eigenvalue weighted by atomic mass is 10.1. The van der Waals surface area contributed by atoms with Gasteiger partial charge in [0.15, 0.2) is 17.0 Å². The Hall–Kier alpha value is -3.77. The van der Waals surface area contributed by atoms with E-state index in [1.807, 2.05) is 41.8 Å². The van der Waals surface area contributed by atoms with Crippen molar-refractivity contribution >= 4 is 47.4 Å². The number of hydrogen-bond acceptors (Lipinski definition) is 11. The summed E-state index contributed by atoms with van der Waals surface area (Å²) in [5, 5.41) is 7.40. The number of hydrogen-bond donors (Lipinski definition) is 3. The van der Waals surface area contributed by atoms with Gasteiger partial charge in [0.2, 0.25) is 5.95 Å². The summed E-state index contributed by atoms with van der Waals surface area (Å²) in [5.74, 6) is 0.451. The lowest BCUT2D eigenvalue weighted by Gasteiger charge is -2.25. The Morgan fingerprint density at radius 3 is 2.71 bits per heavy atom. The van der Waals surface area contributed by atoms with E-state index in [1.54, 1.807) is 46.3 Å². The average molecular weight is 598 g/mol. The van der Waals surface area contributed by atoms with Crippen molar-refractivity contribution in [3.8, 4) is 5.75 Å². The molecule has 14 heteroatoms. The minimum absolute atomic E-state index is 0.0384. The lowest BCUT2D eigenvalue weighted by molar-refractivity contribution is -0.149. The summed E-state index contributed by atoms with van der Waals surface area (Å²) in [4.78, 5) is 25.6. The maximum Gasteiger partial charge on any atom is 0.459 e. The van der Waals surface area contributed by atoms with E-state index >= 15 is 0 Å². The number of aromatic nitrogens is 4. The van der Waals surface area contributed by atoms with Gasteiger partial charge in [0.1, 0.15) is 18.0 Å². The SMILES string of the molecule is CNc1nc(N)nc2c1ncn2[C@@H]1O[C@H](CO[P@@](=O)(N[C@@H](C)C(=O)OC(C)C)Oc2cccc3ccccc23)C[C@@H]1C. The van der Waals surface area contributed by atoms with Gasteiger partial charge in [0.25, 0.3) is 0 Å². The molecule has 2 aromatic carbocycles. The van der Waals surface area contributed by atoms with E-state index in [0.29, 0.717) is 29.2 Å². The molecule has 4 aromatic rings. The molecule has 1 saturated heterocycles. The second-order valence-corrected chi connectivity index (χ2v) is 12.3. The first-order valence-electron chi connectivity index (χ1n) is 13.8. The number of imidazole rings is 1. The highest BCUT2D eigenvalue weighted by molar-refractivity contribution is 7.52. The largest absolute Gasteiger partial charge is 0.462 e. The molecule has 1 aliphatic heterocycles. The Balaban J connectivity index is 1.36. The molecule has 0 unspecified atom stereocenters. The van der Waals surface area contributed by atoms with Gasteiger partial charge in [-0.15, -0.1) is 0 Å². The van der Waals surface area contributed by atoms with Crippen LogP contribution in [0.1, 0.15) is 40.3 Å². The standard InChI is InChI=1S/C28H36N7O6P/c1-16(2)39-27(36)18(4)34-42(37,41-22-12-8-10-19-9-6-7-11-21(19)22)38-14-20-13-17(3)26(40-20)35-15-31-23-24(30-5)32-28(29)33-25(23)35/h6-12,15-18,20,26H,13-14H2,1-5H3,(H,34,37)(H3,29,30,32,33)/t17-,18-,20-,26+,42-/m0/s1. The normalized spacial score (nSPS) is 21.0. The topological polar surface area (TPSA) is 165 Å². The first kappa shape index (κ1) is 29.7. The van der Waals surface area contributed by atoms with Gasteiger partial charge in [-0.2, -0.15) is 15.1 Å². The van der Waals surface area contributed by atoms with Gasteiger partial charge in [-0.05, 0) is 38.6 Å². The second-order valence-electron chi connectivity index (χ2n) is 10.6. The van der Waals surface area contributed by atoms with Crippen molar-refractivity contribution in [3.63, 3.8) is 0 Å². The number of benzene rings is 2. The summed E-state index contributed by atoms with van der Waals surface area (Å²) in [7, 11) is -2.37. The molecule has 0 aliphatic carbocycles. The fourth-order valence-corrected chi connectivity index (χ4v) is 6.50. The van der Waals surface area contributed by atoms with Gasteiger partial charge in [0.05, 0.1) is 25.1 Å². The molecule has 4 N–H and O–H groups in total. The zero-order valence-corrected chi connectivity index (χ0v) is 25.1. The monoisotopic (exact) mass is 597 g/mol. The van der Waals surface area contributed by atoms with E-state index in [2.05, 4.69) is 25.4 Å². The Kier molecular flexibility index (Phi) is 8.65. The number of nitrogens with zero attached hydrogens (tertiary/aromatic N) is 4. The van der Waals surface area contributed by atoms with E-state index in [0.717, 1.165) is 10.8 Å². The van der Waals surface area contributed by atoms with Gasteiger partial charge < -0.3 is 25.0 Å². The Bertz CT molecular complexity index is 1620. The second kappa shape index (κ2) is 12.2. The van der Waals surface area contributed by atoms with Crippen LogP contribution in [-0.2, 0) is 23.4 Å². The van der Waals surface area contributed by atoms with Gasteiger partial charge in [0, 0.05) is 18.4 Å². The number of anilines is 2. The summed E-state index contributed by atoms with van der Waals surface area (Å²) in [6, 6.07) is 12.0. The molecule has 0 bridgehead atoms. The van der Waals surface area contributed by atoms with E-state index in [9.17, 15) is 9.36 Å². The van der Waals surface area contributed by atoms with Crippen LogP contribution >= 0.6 is 7.75 Å². The van der Waals surface area contributed by atoms with Crippen molar-refractivity contribution in [1.82, 2.24) is 24.6 Å². The zero-order chi connectivity index (χ0) is 30.0. The fourth-order valence-electron chi connectivity index (χ4n) is 4.96. The van der Waals surface area contributed by atoms with Crippen molar-refractivity contribution in [3.05, 3.63) is 48.8 Å². The summed E-state index contributed by atoms with van der Waals surface area (Å²) < 4.78 is 39.6. The van der Waals surface area contributed by atoms with Crippen LogP contribution in [0.3, 0.4) is 0 Å². The fraction of sp³-hybridized carbons (Fsp3) is 0.429. The molecule has 1 aliphatic rings. The first-order chi connectivity index (χ1) is 20.1. The van der Waals surface area contributed by atoms with Crippen LogP contribution in [0.4, 0.5) is 11.8 Å². The van der Waals surface area contributed by atoms with Gasteiger partial charge in [-0.1, -0.05) is 43.3 Å². The van der Waals surface area contributed by atoms with Crippen LogP contribution in [0.5, 0.6) is 5.75 Å². The van der Waals surface area contributed by atoms with E-state index in [1.165, 1.54) is 0 Å². The van der Waals surface area contributed by atoms with Crippen molar-refractivity contribution in [2.75, 3.05) is 24.7 Å². The molecule has 13 nitrogen and oxygen atoms in total. The molecule has 42 heavy (non-hydrogen) atoms. The molecule has 1 fully saturated rings. The molecular weight excluding hydrogens is 561 g/mol. The maximum absolute atomic E-state index is 14.2. The number of esters is 1. The number of nitrogen functional groups attached to an aromatic ring is 1. The highest BCUT2D eigenvalue weighted by Gasteiger charge is 2.39. The number of nitrogens with two attached hydrogens (primary N) is 1. The van der Waals surface area contributed by atoms with Crippen molar-refractivity contribution in [2.45, 2.75) is 58.6 Å². The van der Waals surface area contributed by atoms with Gasteiger partial charge >= 0.3 is 13.7 Å². The molecule has 0 saturated carbocycles. The molecular formula is C28H36N7O6P. The predicted molar refractivity (Wildman–Crippen MR) is 159 cm³/mol. The third kappa shape index (κ3) is 6.34. The van der Waals surface area contributed by atoms with Crippen molar-refractivity contribution in [1.29, 1.82) is 0 Å². The Labute approximate surface area is 243 Å². The summed E-state index contributed by atoms with van der Waals surface area (Å²) in [6.45, 7) is 7.01. The smallest absolute Gasteiger partial charge is 0.459 e. The van der Waals surface area contributed by atoms with E-state index in [4.69, 9.17) is 24.3 Å². The summed E-state index contributed by atoms with van der Waals surface area (Å²) in [6.07, 6.45) is 1.05. The minimum Gasteiger partial charge on any atom is -0.462 e. The Morgan fingerprint density at radius 2 is 1.95 bits per heavy atom. The van der Waals surface area contributed by atoms with Crippen LogP contribution in [0.2, 0.25) is 0 Å². The quantitative estimate of drug-likeness (QED) is 0.162. The number of ether oxygens (including phenoxy) is 2. The maximum atomic E-state index is 14.2. The third-order valence-corrected chi connectivity index (χ3v) is 8.49. The van der Waals surface area contributed by atoms with Crippen molar-refractivity contribution < 1.29 is 27.9 Å². The first-order valence-corrected chi connectivity index (χ1v) is 15.3. The van der Waals surface area contributed by atoms with Gasteiger partial charge in [-0.3, -0.25) is 13.9 Å². The highest BCUT2D eigenvalue weighted by Crippen LogP contribution is 2.48. The van der Waals surface area contributed by atoms with Crippen LogP contribution in [0, 0.1) is 5.92 Å². The predicted octanol–water partition coefficient (Wildman–Crippen LogP) is 4.66. The summed E-state index contributed by atoms with van der Waals surface area (Å²) in [5.41, 5.74) is 7.03. The van der Waals surface area contributed by atoms with Crippen LogP contribution in [-0.4, -0.2) is 57.4 Å². The molecule has 3 heterocycles. The van der Waals surface area contributed by atoms with E-state index in [-0.39, 0.29) is 24.6 Å². The molecule has 5 atom stereocenters. The number of fused-ring (bicyclic) bond motifs is 2. The zero-order valence-electron chi connectivity index (χ0n) is 24.2. The van der Waals surface area contributed by atoms with Crippen LogP contribution in [0.15, 0.2) is 48.8 Å². The molecule has 0 spiro atoms. The third-order valence-electron chi connectivity index (χ3n) is 6.86. The van der Waals surface area contributed by atoms with Gasteiger partial charge in [-0.25, -0.2) is 9.55 Å². The highest BCUT2D eigenvalue weighted by atomic mass is 31.2.